The number of amides is 1. The Morgan fingerprint density at radius 1 is 1.53 bits per heavy atom. The van der Waals surface area contributed by atoms with Crippen LogP contribution in [0.25, 0.3) is 0 Å². The lowest BCUT2D eigenvalue weighted by molar-refractivity contribution is -0.126. The smallest absolute Gasteiger partial charge is 0.239 e. The van der Waals surface area contributed by atoms with E-state index in [0.29, 0.717) is 19.8 Å². The van der Waals surface area contributed by atoms with E-state index in [0.717, 1.165) is 11.1 Å². The van der Waals surface area contributed by atoms with E-state index in [1.807, 2.05) is 31.2 Å². The number of morpholine rings is 1. The predicted molar refractivity (Wildman–Crippen MR) is 71.8 cm³/mol. The first kappa shape index (κ1) is 14.0. The standard InChI is InChI=1S/C14H20N2O3/c1-10-2-4-11(5-3-10)13(17)8-16-14(18)12-9-19-7-6-15-12/h2-5,12-13,15,17H,6-9H2,1H3,(H,16,18)/t12-,13-/m1/s1. The Bertz CT molecular complexity index is 413. The number of aryl methyl sites for hydroxylation is 1. The van der Waals surface area contributed by atoms with Crippen LogP contribution in [-0.2, 0) is 9.53 Å². The fourth-order valence-corrected chi connectivity index (χ4v) is 1.96. The average Bonchev–Trinajstić information content (AvgIpc) is 2.46. The summed E-state index contributed by atoms with van der Waals surface area (Å²) in [6.45, 7) is 3.90. The van der Waals surface area contributed by atoms with E-state index < -0.39 is 6.10 Å². The SMILES string of the molecule is Cc1ccc([C@H](O)CNC(=O)[C@H]2COCCN2)cc1. The van der Waals surface area contributed by atoms with Crippen LogP contribution in [0.1, 0.15) is 17.2 Å². The maximum atomic E-state index is 11.8. The molecule has 1 amide bonds. The molecule has 1 saturated heterocycles. The number of hydrogen-bond acceptors (Lipinski definition) is 4. The van der Waals surface area contributed by atoms with Crippen LogP contribution in [0.4, 0.5) is 0 Å². The Hall–Kier alpha value is -1.43. The van der Waals surface area contributed by atoms with Crippen LogP contribution < -0.4 is 10.6 Å². The van der Waals surface area contributed by atoms with Gasteiger partial charge in [0, 0.05) is 13.1 Å². The maximum absolute atomic E-state index is 11.8. The van der Waals surface area contributed by atoms with Crippen LogP contribution in [0.5, 0.6) is 0 Å². The van der Waals surface area contributed by atoms with Gasteiger partial charge in [0.15, 0.2) is 0 Å². The summed E-state index contributed by atoms with van der Waals surface area (Å²) in [7, 11) is 0. The van der Waals surface area contributed by atoms with E-state index in [-0.39, 0.29) is 18.5 Å². The monoisotopic (exact) mass is 264 g/mol. The molecule has 0 spiro atoms. The van der Waals surface area contributed by atoms with Crippen LogP contribution in [0.2, 0.25) is 0 Å². The van der Waals surface area contributed by atoms with Gasteiger partial charge in [0.25, 0.3) is 0 Å². The number of carbonyl (C=O) groups excluding carboxylic acids is 1. The minimum absolute atomic E-state index is 0.133. The van der Waals surface area contributed by atoms with Crippen molar-refractivity contribution < 1.29 is 14.6 Å². The molecule has 0 saturated carbocycles. The van der Waals surface area contributed by atoms with Gasteiger partial charge in [0.2, 0.25) is 5.91 Å². The van der Waals surface area contributed by atoms with Crippen molar-refractivity contribution in [2.24, 2.45) is 0 Å². The number of rotatable bonds is 4. The number of aliphatic hydroxyl groups is 1. The normalized spacial score (nSPS) is 20.8. The van der Waals surface area contributed by atoms with Gasteiger partial charge in [-0.2, -0.15) is 0 Å². The van der Waals surface area contributed by atoms with E-state index in [9.17, 15) is 9.90 Å². The second-order valence-corrected chi connectivity index (χ2v) is 4.75. The Morgan fingerprint density at radius 3 is 2.89 bits per heavy atom. The molecule has 1 aromatic carbocycles. The van der Waals surface area contributed by atoms with Gasteiger partial charge in [-0.3, -0.25) is 4.79 Å². The summed E-state index contributed by atoms with van der Waals surface area (Å²) in [6.07, 6.45) is -0.686. The summed E-state index contributed by atoms with van der Waals surface area (Å²) in [6, 6.07) is 7.30. The molecule has 2 rings (SSSR count). The highest BCUT2D eigenvalue weighted by Gasteiger charge is 2.21. The molecule has 0 aromatic heterocycles. The van der Waals surface area contributed by atoms with Crippen molar-refractivity contribution in [2.75, 3.05) is 26.3 Å². The molecule has 0 bridgehead atoms. The van der Waals surface area contributed by atoms with Crippen molar-refractivity contribution in [1.29, 1.82) is 0 Å². The molecule has 0 unspecified atom stereocenters. The summed E-state index contributed by atoms with van der Waals surface area (Å²) < 4.78 is 5.22. The van der Waals surface area contributed by atoms with Crippen molar-refractivity contribution in [3.63, 3.8) is 0 Å². The molecular weight excluding hydrogens is 244 g/mol. The fourth-order valence-electron chi connectivity index (χ4n) is 1.96. The van der Waals surface area contributed by atoms with E-state index in [2.05, 4.69) is 10.6 Å². The number of aliphatic hydroxyl groups excluding tert-OH is 1. The van der Waals surface area contributed by atoms with Gasteiger partial charge in [0.1, 0.15) is 6.04 Å². The van der Waals surface area contributed by atoms with Gasteiger partial charge < -0.3 is 20.5 Å². The fraction of sp³-hybridized carbons (Fsp3) is 0.500. The van der Waals surface area contributed by atoms with Gasteiger partial charge >= 0.3 is 0 Å². The van der Waals surface area contributed by atoms with Crippen LogP contribution in [0.3, 0.4) is 0 Å². The molecule has 2 atom stereocenters. The Kier molecular flexibility index (Phi) is 4.90. The Labute approximate surface area is 113 Å². The molecule has 1 fully saturated rings. The quantitative estimate of drug-likeness (QED) is 0.723. The third-order valence-electron chi connectivity index (χ3n) is 3.17. The van der Waals surface area contributed by atoms with Crippen LogP contribution in [0.15, 0.2) is 24.3 Å². The lowest BCUT2D eigenvalue weighted by atomic mass is 10.1. The molecule has 5 heteroatoms. The molecule has 1 aliphatic rings. The van der Waals surface area contributed by atoms with Crippen LogP contribution in [-0.4, -0.2) is 43.4 Å². The zero-order valence-corrected chi connectivity index (χ0v) is 11.1. The van der Waals surface area contributed by atoms with Crippen molar-refractivity contribution >= 4 is 5.91 Å². The summed E-state index contributed by atoms with van der Waals surface area (Å²) in [5.41, 5.74) is 1.95. The second-order valence-electron chi connectivity index (χ2n) is 4.75. The Morgan fingerprint density at radius 2 is 2.26 bits per heavy atom. The lowest BCUT2D eigenvalue weighted by Gasteiger charge is -2.23. The molecule has 1 aliphatic heterocycles. The van der Waals surface area contributed by atoms with Crippen LogP contribution in [0, 0.1) is 6.92 Å². The number of hydrogen-bond donors (Lipinski definition) is 3. The van der Waals surface area contributed by atoms with E-state index >= 15 is 0 Å². The number of benzene rings is 1. The number of ether oxygens (including phenoxy) is 1. The molecule has 1 heterocycles. The van der Waals surface area contributed by atoms with Crippen molar-refractivity contribution in [2.45, 2.75) is 19.1 Å². The van der Waals surface area contributed by atoms with Crippen molar-refractivity contribution in [3.05, 3.63) is 35.4 Å². The molecular formula is C14H20N2O3. The molecule has 3 N–H and O–H groups in total. The van der Waals surface area contributed by atoms with Gasteiger partial charge in [-0.15, -0.1) is 0 Å². The van der Waals surface area contributed by atoms with Crippen molar-refractivity contribution in [1.82, 2.24) is 10.6 Å². The maximum Gasteiger partial charge on any atom is 0.239 e. The Balaban J connectivity index is 1.80. The molecule has 104 valence electrons. The summed E-state index contributed by atoms with van der Waals surface area (Å²) in [5.74, 6) is -0.133. The van der Waals surface area contributed by atoms with Crippen molar-refractivity contribution in [3.8, 4) is 0 Å². The molecule has 19 heavy (non-hydrogen) atoms. The zero-order chi connectivity index (χ0) is 13.7. The number of carbonyl (C=O) groups is 1. The van der Waals surface area contributed by atoms with E-state index in [1.54, 1.807) is 0 Å². The highest BCUT2D eigenvalue weighted by molar-refractivity contribution is 5.82. The van der Waals surface area contributed by atoms with E-state index in [1.165, 1.54) is 0 Å². The van der Waals surface area contributed by atoms with Gasteiger partial charge in [-0.05, 0) is 12.5 Å². The summed E-state index contributed by atoms with van der Waals surface area (Å²) in [4.78, 5) is 11.8. The first-order valence-corrected chi connectivity index (χ1v) is 6.50. The molecule has 1 aromatic rings. The van der Waals surface area contributed by atoms with Gasteiger partial charge in [0.05, 0.1) is 19.3 Å². The minimum Gasteiger partial charge on any atom is -0.387 e. The predicted octanol–water partition coefficient (Wildman–Crippen LogP) is 0.133. The number of nitrogens with one attached hydrogen (secondary N) is 2. The topological polar surface area (TPSA) is 70.6 Å². The van der Waals surface area contributed by atoms with E-state index in [4.69, 9.17) is 4.74 Å². The highest BCUT2D eigenvalue weighted by Crippen LogP contribution is 2.12. The van der Waals surface area contributed by atoms with Gasteiger partial charge in [-0.1, -0.05) is 29.8 Å². The minimum atomic E-state index is -0.686. The third kappa shape index (κ3) is 4.02. The molecule has 5 nitrogen and oxygen atoms in total. The highest BCUT2D eigenvalue weighted by atomic mass is 16.5. The van der Waals surface area contributed by atoms with Crippen LogP contribution >= 0.6 is 0 Å². The third-order valence-corrected chi connectivity index (χ3v) is 3.17. The first-order valence-electron chi connectivity index (χ1n) is 6.50. The van der Waals surface area contributed by atoms with Gasteiger partial charge in [-0.25, -0.2) is 0 Å². The molecule has 0 radical (unpaired) electrons. The average molecular weight is 264 g/mol. The largest absolute Gasteiger partial charge is 0.387 e. The second kappa shape index (κ2) is 6.65. The first-order chi connectivity index (χ1) is 9.16. The molecule has 0 aliphatic carbocycles. The summed E-state index contributed by atoms with van der Waals surface area (Å²) >= 11 is 0. The summed E-state index contributed by atoms with van der Waals surface area (Å²) in [5, 5.41) is 15.8. The lowest BCUT2D eigenvalue weighted by Crippen LogP contribution is -2.51. The zero-order valence-electron chi connectivity index (χ0n) is 11.1.